The largest absolute Gasteiger partial charge is 0.488 e. The minimum absolute atomic E-state index is 0.000792. The lowest BCUT2D eigenvalue weighted by Crippen LogP contribution is -2.48. The van der Waals surface area contributed by atoms with E-state index in [4.69, 9.17) is 9.47 Å². The Morgan fingerprint density at radius 2 is 1.40 bits per heavy atom. The zero-order chi connectivity index (χ0) is 31.6. The highest BCUT2D eigenvalue weighted by molar-refractivity contribution is 5.88. The second-order valence-corrected chi connectivity index (χ2v) is 16.0. The van der Waals surface area contributed by atoms with Crippen molar-refractivity contribution in [3.05, 3.63) is 54.6 Å². The number of rotatable bonds is 12. The van der Waals surface area contributed by atoms with Gasteiger partial charge in [0.2, 0.25) is 0 Å². The second-order valence-electron chi connectivity index (χ2n) is 16.0. The van der Waals surface area contributed by atoms with Crippen molar-refractivity contribution >= 4 is 16.9 Å². The summed E-state index contributed by atoms with van der Waals surface area (Å²) in [6.45, 7) is 26.4. The number of hydrogen-bond donors (Lipinski definition) is 0. The van der Waals surface area contributed by atoms with Crippen molar-refractivity contribution in [2.75, 3.05) is 0 Å². The molecule has 1 atom stereocenters. The van der Waals surface area contributed by atoms with Crippen LogP contribution in [0.4, 0.5) is 0 Å². The Hall–Kier alpha value is -2.75. The second kappa shape index (κ2) is 12.5. The van der Waals surface area contributed by atoms with Crippen LogP contribution in [0.2, 0.25) is 0 Å². The Morgan fingerprint density at radius 1 is 0.762 bits per heavy atom. The molecule has 0 amide bonds. The summed E-state index contributed by atoms with van der Waals surface area (Å²) < 4.78 is 15.4. The first-order valence-electron chi connectivity index (χ1n) is 15.9. The van der Waals surface area contributed by atoms with Gasteiger partial charge in [-0.1, -0.05) is 91.6 Å². The molecular weight excluding hydrogens is 518 g/mol. The number of nitrogens with zero attached hydrogens (tertiary/aromatic N) is 1. The molecule has 0 aliphatic rings. The van der Waals surface area contributed by atoms with Crippen molar-refractivity contribution < 1.29 is 14.3 Å². The average molecular weight is 576 g/mol. The van der Waals surface area contributed by atoms with Gasteiger partial charge in [-0.2, -0.15) is 0 Å². The van der Waals surface area contributed by atoms with Crippen LogP contribution in [0.15, 0.2) is 54.6 Å². The summed E-state index contributed by atoms with van der Waals surface area (Å²) in [6, 6.07) is 19.3. The standard InChI is InChI=1S/C38H57NO3/c1-13-14-18-23-39-31(28-19-16-15-17-20-28)24-29-21-22-30(25-32(29)39)41-36(8,9)27-37(10,11)42-33(40)38(12,35(5,6)7)26-34(2,3)4/h15-17,19-22,24-25H,13-14,18,23,26-27H2,1-12H3. The molecule has 3 rings (SSSR count). The number of hydrogen-bond acceptors (Lipinski definition) is 3. The molecule has 0 bridgehead atoms. The van der Waals surface area contributed by atoms with Crippen molar-refractivity contribution in [2.45, 2.75) is 133 Å². The molecule has 0 saturated carbocycles. The fraction of sp³-hybridized carbons (Fsp3) is 0.605. The molecule has 0 aliphatic carbocycles. The predicted octanol–water partition coefficient (Wildman–Crippen LogP) is 10.9. The zero-order valence-corrected chi connectivity index (χ0v) is 28.6. The summed E-state index contributed by atoms with van der Waals surface area (Å²) in [6.07, 6.45) is 4.84. The molecule has 0 spiro atoms. The first-order chi connectivity index (χ1) is 19.3. The van der Waals surface area contributed by atoms with Gasteiger partial charge in [-0.25, -0.2) is 0 Å². The predicted molar refractivity (Wildman–Crippen MR) is 178 cm³/mol. The number of unbranched alkanes of at least 4 members (excludes halogenated alkanes) is 2. The van der Waals surface area contributed by atoms with Crippen LogP contribution in [0.25, 0.3) is 22.2 Å². The van der Waals surface area contributed by atoms with Crippen LogP contribution in [0.5, 0.6) is 5.75 Å². The maximum Gasteiger partial charge on any atom is 0.312 e. The van der Waals surface area contributed by atoms with Crippen LogP contribution in [0, 0.1) is 16.2 Å². The minimum atomic E-state index is -0.698. The van der Waals surface area contributed by atoms with Gasteiger partial charge >= 0.3 is 5.97 Å². The highest BCUT2D eigenvalue weighted by atomic mass is 16.6. The summed E-state index contributed by atoms with van der Waals surface area (Å²) in [5, 5.41) is 1.21. The topological polar surface area (TPSA) is 40.5 Å². The molecule has 42 heavy (non-hydrogen) atoms. The quantitative estimate of drug-likeness (QED) is 0.159. The molecule has 1 aromatic heterocycles. The number of carbonyl (C=O) groups is 1. The third-order valence-electron chi connectivity index (χ3n) is 8.53. The maximum atomic E-state index is 13.8. The van der Waals surface area contributed by atoms with Crippen molar-refractivity contribution in [2.24, 2.45) is 16.2 Å². The number of aryl methyl sites for hydroxylation is 1. The Morgan fingerprint density at radius 3 is 1.98 bits per heavy atom. The SMILES string of the molecule is CCCCCn1c(-c2ccccc2)cc2ccc(OC(C)(C)CC(C)(C)OC(=O)C(C)(CC(C)(C)C)C(C)(C)C)cc21. The highest BCUT2D eigenvalue weighted by Crippen LogP contribution is 2.48. The maximum absolute atomic E-state index is 13.8. The van der Waals surface area contributed by atoms with E-state index in [9.17, 15) is 4.79 Å². The minimum Gasteiger partial charge on any atom is -0.488 e. The monoisotopic (exact) mass is 575 g/mol. The van der Waals surface area contributed by atoms with Crippen LogP contribution < -0.4 is 4.74 Å². The highest BCUT2D eigenvalue weighted by Gasteiger charge is 2.49. The molecule has 0 N–H and O–H groups in total. The van der Waals surface area contributed by atoms with Crippen molar-refractivity contribution in [1.29, 1.82) is 0 Å². The zero-order valence-electron chi connectivity index (χ0n) is 28.6. The molecule has 1 heterocycles. The molecule has 0 radical (unpaired) electrons. The van der Waals surface area contributed by atoms with Crippen LogP contribution in [0.1, 0.15) is 115 Å². The van der Waals surface area contributed by atoms with E-state index in [0.29, 0.717) is 6.42 Å². The Kier molecular flexibility index (Phi) is 10.0. The Bertz CT molecular complexity index is 1330. The lowest BCUT2D eigenvalue weighted by Gasteiger charge is -2.45. The van der Waals surface area contributed by atoms with Gasteiger partial charge in [0.1, 0.15) is 17.0 Å². The summed E-state index contributed by atoms with van der Waals surface area (Å²) in [5.74, 6) is 0.696. The number of ether oxygens (including phenoxy) is 2. The summed E-state index contributed by atoms with van der Waals surface area (Å²) in [7, 11) is 0. The molecule has 2 aromatic carbocycles. The van der Waals surface area contributed by atoms with E-state index in [-0.39, 0.29) is 16.8 Å². The van der Waals surface area contributed by atoms with Gasteiger partial charge in [-0.05, 0) is 82.1 Å². The summed E-state index contributed by atoms with van der Waals surface area (Å²) in [4.78, 5) is 13.8. The van der Waals surface area contributed by atoms with Crippen molar-refractivity contribution in [3.8, 4) is 17.0 Å². The van der Waals surface area contributed by atoms with Gasteiger partial charge in [0, 0.05) is 30.1 Å². The first-order valence-corrected chi connectivity index (χ1v) is 15.9. The van der Waals surface area contributed by atoms with E-state index in [2.05, 4.69) is 128 Å². The first kappa shape index (κ1) is 33.7. The molecule has 1 unspecified atom stereocenters. The van der Waals surface area contributed by atoms with Gasteiger partial charge < -0.3 is 14.0 Å². The molecule has 4 heteroatoms. The van der Waals surface area contributed by atoms with Crippen molar-refractivity contribution in [3.63, 3.8) is 0 Å². The summed E-state index contributed by atoms with van der Waals surface area (Å²) in [5.41, 5.74) is 1.55. The molecule has 0 fully saturated rings. The summed E-state index contributed by atoms with van der Waals surface area (Å²) >= 11 is 0. The average Bonchev–Trinajstić information content (AvgIpc) is 3.19. The van der Waals surface area contributed by atoms with Crippen LogP contribution in [-0.4, -0.2) is 21.7 Å². The Balaban J connectivity index is 1.85. The van der Waals surface area contributed by atoms with E-state index in [1.165, 1.54) is 35.0 Å². The van der Waals surface area contributed by atoms with Gasteiger partial charge in [0.15, 0.2) is 0 Å². The third-order valence-corrected chi connectivity index (χ3v) is 8.53. The van der Waals surface area contributed by atoms with E-state index in [0.717, 1.165) is 25.1 Å². The third kappa shape index (κ3) is 8.42. The molecule has 0 aliphatic heterocycles. The molecule has 0 saturated heterocycles. The van der Waals surface area contributed by atoms with Crippen LogP contribution >= 0.6 is 0 Å². The van der Waals surface area contributed by atoms with Crippen molar-refractivity contribution in [1.82, 2.24) is 4.57 Å². The van der Waals surface area contributed by atoms with Gasteiger partial charge in [0.05, 0.1) is 10.9 Å². The number of benzene rings is 2. The van der Waals surface area contributed by atoms with Crippen LogP contribution in [0.3, 0.4) is 0 Å². The number of carbonyl (C=O) groups excluding carboxylic acids is 1. The van der Waals surface area contributed by atoms with Gasteiger partial charge in [-0.3, -0.25) is 4.79 Å². The van der Waals surface area contributed by atoms with Gasteiger partial charge in [0.25, 0.3) is 0 Å². The smallest absolute Gasteiger partial charge is 0.312 e. The van der Waals surface area contributed by atoms with Crippen LogP contribution in [-0.2, 0) is 16.1 Å². The number of fused-ring (bicyclic) bond motifs is 1. The molecular formula is C38H57NO3. The Labute approximate surface area is 256 Å². The lowest BCUT2D eigenvalue weighted by atomic mass is 9.61. The lowest BCUT2D eigenvalue weighted by molar-refractivity contribution is -0.181. The van der Waals surface area contributed by atoms with Gasteiger partial charge in [-0.15, -0.1) is 0 Å². The van der Waals surface area contributed by atoms with E-state index in [1.807, 2.05) is 13.8 Å². The van der Waals surface area contributed by atoms with E-state index in [1.54, 1.807) is 0 Å². The van der Waals surface area contributed by atoms with E-state index >= 15 is 0 Å². The fourth-order valence-electron chi connectivity index (χ4n) is 6.39. The molecule has 232 valence electrons. The molecule has 3 aromatic rings. The molecule has 4 nitrogen and oxygen atoms in total. The fourth-order valence-corrected chi connectivity index (χ4v) is 6.39. The number of aromatic nitrogens is 1. The van der Waals surface area contributed by atoms with E-state index < -0.39 is 16.6 Å². The number of esters is 1. The normalized spacial score (nSPS) is 14.6.